The third kappa shape index (κ3) is 132. The topological polar surface area (TPSA) is 106 Å². The van der Waals surface area contributed by atoms with Crippen molar-refractivity contribution in [2.75, 3.05) is 0 Å². The van der Waals surface area contributed by atoms with E-state index >= 15 is 0 Å². The highest BCUT2D eigenvalue weighted by Gasteiger charge is 1.60. The molecule has 42 valence electrons. The Morgan fingerprint density at radius 2 is 1.57 bits per heavy atom. The lowest BCUT2D eigenvalue weighted by Gasteiger charge is -1.62. The zero-order chi connectivity index (χ0) is 6.28. The van der Waals surface area contributed by atoms with E-state index in [0.717, 1.165) is 0 Å². The summed E-state index contributed by atoms with van der Waals surface area (Å²) in [6.45, 7) is 0. The van der Waals surface area contributed by atoms with Gasteiger partial charge in [0.25, 0.3) is 0 Å². The third-order valence-electron chi connectivity index (χ3n) is 0. The molecule has 5 N–H and O–H groups in total. The summed E-state index contributed by atoms with van der Waals surface area (Å²) in [5, 5.41) is 0. The average molecular weight is 125 g/mol. The molecule has 1 unspecified atom stereocenters. The van der Waals surface area contributed by atoms with Crippen molar-refractivity contribution in [2.24, 2.45) is 11.5 Å². The number of amides is 2. The molecule has 2 amide bonds. The molecule has 7 heavy (non-hydrogen) atoms. The highest BCUT2D eigenvalue weighted by atomic mass is 31.1. The maximum absolute atomic E-state index is 9.00. The molecule has 0 heterocycles. The minimum atomic E-state index is -1.17. The van der Waals surface area contributed by atoms with Crippen LogP contribution in [-0.2, 0) is 4.57 Å². The summed E-state index contributed by atoms with van der Waals surface area (Å²) < 4.78 is 8.51. The molecule has 6 heteroatoms. The minimum absolute atomic E-state index is 0.833. The van der Waals surface area contributed by atoms with Gasteiger partial charge in [-0.25, -0.2) is 4.79 Å². The molecule has 0 rings (SSSR count). The van der Waals surface area contributed by atoms with E-state index in [9.17, 15) is 0 Å². The summed E-state index contributed by atoms with van der Waals surface area (Å²) in [4.78, 5) is 16.0. The Hall–Kier alpha value is -0.670. The van der Waals surface area contributed by atoms with Gasteiger partial charge in [-0.1, -0.05) is 0 Å². The first-order valence-corrected chi connectivity index (χ1v) is 2.06. The number of carbonyl (C=O) groups excluding carboxylic acids is 1. The second-order valence-corrected chi connectivity index (χ2v) is 0.676. The number of primary amides is 2. The number of hydrogen-bond donors (Lipinski definition) is 3. The molecule has 0 spiro atoms. The second kappa shape index (κ2) is 9.01. The summed E-state index contributed by atoms with van der Waals surface area (Å²) in [5.41, 5.74) is 8.50. The number of nitrogens with two attached hydrogens (primary N) is 2. The Morgan fingerprint density at radius 3 is 1.57 bits per heavy atom. The quantitative estimate of drug-likeness (QED) is 0.359. The Morgan fingerprint density at radius 1 is 1.57 bits per heavy atom. The van der Waals surface area contributed by atoms with Crippen LogP contribution in [0, 0.1) is 0 Å². The van der Waals surface area contributed by atoms with Gasteiger partial charge in [-0.05, 0) is 4.57 Å². The molecule has 0 aliphatic rings. The van der Waals surface area contributed by atoms with E-state index in [4.69, 9.17) is 14.3 Å². The van der Waals surface area contributed by atoms with Crippen molar-refractivity contribution in [3.8, 4) is 0 Å². The smallest absolute Gasteiger partial charge is 0.352 e. The number of hydrogen-bond acceptors (Lipinski definition) is 2. The Labute approximate surface area is 41.6 Å². The highest BCUT2D eigenvalue weighted by Crippen LogP contribution is 1.66. The third-order valence-corrected chi connectivity index (χ3v) is 0. The van der Waals surface area contributed by atoms with E-state index in [1.54, 1.807) is 0 Å². The molecule has 0 saturated heterocycles. The predicted molar refractivity (Wildman–Crippen MR) is 25.0 cm³/mol. The van der Waals surface area contributed by atoms with Crippen molar-refractivity contribution in [3.05, 3.63) is 0 Å². The van der Waals surface area contributed by atoms with E-state index in [1.165, 1.54) is 0 Å². The molecule has 0 aromatic heterocycles. The van der Waals surface area contributed by atoms with Gasteiger partial charge in [-0.3, -0.25) is 0 Å². The van der Waals surface area contributed by atoms with Gasteiger partial charge in [-0.2, -0.15) is 4.89 Å². The Balaban J connectivity index is 0. The molecular weight excluding hydrogens is 119 g/mol. The van der Waals surface area contributed by atoms with Crippen LogP contribution in [0.1, 0.15) is 0 Å². The van der Waals surface area contributed by atoms with Gasteiger partial charge in [0.15, 0.2) is 0 Å². The van der Waals surface area contributed by atoms with Crippen molar-refractivity contribution >= 4 is 14.7 Å². The van der Waals surface area contributed by atoms with E-state index in [2.05, 4.69) is 11.5 Å². The molecule has 0 saturated carbocycles. The maximum atomic E-state index is 9.00. The fraction of sp³-hybridized carbons (Fsp3) is 0. The molecule has 1 atom stereocenters. The minimum Gasteiger partial charge on any atom is -0.352 e. The lowest BCUT2D eigenvalue weighted by Crippen LogP contribution is -2.18. The highest BCUT2D eigenvalue weighted by molar-refractivity contribution is 7.16. The Bertz CT molecular complexity index is 60.0. The standard InChI is InChI=1S/CH4N2O.HO2P/c2-1(3)4;1-3-2/h(H4,2,3,4);3H/p+1. The fourth-order valence-electron chi connectivity index (χ4n) is 0. The summed E-state index contributed by atoms with van der Waals surface area (Å²) in [6, 6.07) is -0.833. The van der Waals surface area contributed by atoms with Gasteiger partial charge >= 0.3 is 14.7 Å². The predicted octanol–water partition coefficient (Wildman–Crippen LogP) is -1.06. The van der Waals surface area contributed by atoms with Crippen LogP contribution in [0.25, 0.3) is 0 Å². The molecule has 0 aromatic carbocycles. The number of rotatable bonds is 0. The van der Waals surface area contributed by atoms with Crippen LogP contribution in [0.4, 0.5) is 4.79 Å². The lowest BCUT2D eigenvalue weighted by atomic mass is 11.2. The van der Waals surface area contributed by atoms with Gasteiger partial charge in [-0.15, -0.1) is 0 Å². The van der Waals surface area contributed by atoms with Crippen molar-refractivity contribution < 1.29 is 14.3 Å². The van der Waals surface area contributed by atoms with E-state index in [1.807, 2.05) is 0 Å². The largest absolute Gasteiger partial charge is 0.491 e. The summed E-state index contributed by atoms with van der Waals surface area (Å²) in [7, 11) is -1.17. The SMILES string of the molecule is NC(N)=O.O=[PH+]O. The molecule has 0 fully saturated rings. The Kier molecular flexibility index (Phi) is 12.3. The van der Waals surface area contributed by atoms with E-state index in [-0.39, 0.29) is 0 Å². The van der Waals surface area contributed by atoms with Crippen molar-refractivity contribution in [1.29, 1.82) is 0 Å². The van der Waals surface area contributed by atoms with Crippen molar-refractivity contribution in [2.45, 2.75) is 0 Å². The zero-order valence-corrected chi connectivity index (χ0v) is 4.42. The normalized spacial score (nSPS) is 6.43. The van der Waals surface area contributed by atoms with Crippen LogP contribution in [-0.4, -0.2) is 10.9 Å². The van der Waals surface area contributed by atoms with Gasteiger partial charge in [0.1, 0.15) is 0 Å². The van der Waals surface area contributed by atoms with Gasteiger partial charge in [0, 0.05) is 0 Å². The average Bonchev–Trinajstić information content (AvgIpc) is 1.33. The van der Waals surface area contributed by atoms with Crippen LogP contribution in [0.15, 0.2) is 0 Å². The first kappa shape index (κ1) is 9.59. The fourth-order valence-corrected chi connectivity index (χ4v) is 0. The monoisotopic (exact) mass is 125 g/mol. The van der Waals surface area contributed by atoms with Crippen molar-refractivity contribution in [3.63, 3.8) is 0 Å². The molecule has 0 bridgehead atoms. The molecule has 5 nitrogen and oxygen atoms in total. The summed E-state index contributed by atoms with van der Waals surface area (Å²) >= 11 is 0. The van der Waals surface area contributed by atoms with Crippen LogP contribution in [0.2, 0.25) is 0 Å². The van der Waals surface area contributed by atoms with Gasteiger partial charge in [0.05, 0.1) is 0 Å². The van der Waals surface area contributed by atoms with Crippen LogP contribution < -0.4 is 11.5 Å². The van der Waals surface area contributed by atoms with Crippen molar-refractivity contribution in [1.82, 2.24) is 0 Å². The van der Waals surface area contributed by atoms with E-state index in [0.29, 0.717) is 0 Å². The molecule has 0 aliphatic carbocycles. The molecule has 0 aliphatic heterocycles. The van der Waals surface area contributed by atoms with Crippen LogP contribution >= 0.6 is 8.69 Å². The first-order chi connectivity index (χ1) is 3.15. The number of carbonyl (C=O) groups is 1. The summed E-state index contributed by atoms with van der Waals surface area (Å²) in [6.07, 6.45) is 0. The van der Waals surface area contributed by atoms with Gasteiger partial charge in [0.2, 0.25) is 0 Å². The molecule has 0 aromatic rings. The maximum Gasteiger partial charge on any atom is 0.491 e. The second-order valence-electron chi connectivity index (χ2n) is 0.494. The van der Waals surface area contributed by atoms with Gasteiger partial charge < -0.3 is 11.5 Å². The molecular formula is CH6N2O3P+. The lowest BCUT2D eigenvalue weighted by molar-refractivity contribution is 0.256. The number of urea groups is 1. The summed E-state index contributed by atoms with van der Waals surface area (Å²) in [5.74, 6) is 0. The zero-order valence-electron chi connectivity index (χ0n) is 3.42. The molecule has 0 radical (unpaired) electrons. The van der Waals surface area contributed by atoms with E-state index < -0.39 is 14.7 Å². The first-order valence-electron chi connectivity index (χ1n) is 1.21. The van der Waals surface area contributed by atoms with Crippen LogP contribution in [0.5, 0.6) is 0 Å². The van der Waals surface area contributed by atoms with Crippen LogP contribution in [0.3, 0.4) is 0 Å².